The number of aromatic amines is 1. The summed E-state index contributed by atoms with van der Waals surface area (Å²) in [5.41, 5.74) is 2.91. The first-order valence-corrected chi connectivity index (χ1v) is 7.35. The molecule has 0 bridgehead atoms. The van der Waals surface area contributed by atoms with E-state index in [0.717, 1.165) is 11.1 Å². The van der Waals surface area contributed by atoms with Crippen LogP contribution in [-0.4, -0.2) is 32.2 Å². The molecule has 3 rings (SSSR count). The molecule has 0 amide bonds. The van der Waals surface area contributed by atoms with Crippen LogP contribution in [0.1, 0.15) is 22.5 Å². The molecule has 0 radical (unpaired) electrons. The monoisotopic (exact) mass is 325 g/mol. The zero-order valence-electron chi connectivity index (χ0n) is 12.6. The summed E-state index contributed by atoms with van der Waals surface area (Å²) in [6.45, 7) is 0. The van der Waals surface area contributed by atoms with E-state index in [0.29, 0.717) is 16.5 Å². The maximum Gasteiger partial charge on any atom is 0.352 e. The average molecular weight is 325 g/mol. The lowest BCUT2D eigenvalue weighted by Crippen LogP contribution is -2.04. The molecule has 4 N–H and O–H groups in total. The third kappa shape index (κ3) is 2.94. The van der Waals surface area contributed by atoms with E-state index in [1.165, 1.54) is 0 Å². The lowest BCUT2D eigenvalue weighted by Gasteiger charge is -2.03. The van der Waals surface area contributed by atoms with Crippen molar-refractivity contribution in [3.63, 3.8) is 0 Å². The second-order valence-electron chi connectivity index (χ2n) is 5.48. The topological polar surface area (TPSA) is 111 Å². The molecule has 1 aromatic heterocycles. The largest absolute Gasteiger partial charge is 0.508 e. The maximum atomic E-state index is 11.4. The molecule has 122 valence electrons. The highest BCUT2D eigenvalue weighted by molar-refractivity contribution is 5.98. The number of aryl methyl sites for hydroxylation is 1. The molecule has 24 heavy (non-hydrogen) atoms. The quantitative estimate of drug-likeness (QED) is 0.575. The number of hydrogen-bond acceptors (Lipinski definition) is 3. The molecule has 6 nitrogen and oxygen atoms in total. The van der Waals surface area contributed by atoms with Gasteiger partial charge in [0, 0.05) is 17.3 Å². The zero-order chi connectivity index (χ0) is 17.3. The minimum atomic E-state index is -1.11. The van der Waals surface area contributed by atoms with Gasteiger partial charge in [-0.1, -0.05) is 24.3 Å². The van der Waals surface area contributed by atoms with Gasteiger partial charge in [0.2, 0.25) is 0 Å². The van der Waals surface area contributed by atoms with Crippen LogP contribution in [0, 0.1) is 0 Å². The summed E-state index contributed by atoms with van der Waals surface area (Å²) in [5.74, 6) is -1.91. The number of phenolic OH excluding ortho intramolecular Hbond substituents is 1. The molecule has 0 aliphatic heterocycles. The van der Waals surface area contributed by atoms with E-state index in [2.05, 4.69) is 4.98 Å². The Kier molecular flexibility index (Phi) is 3.95. The highest BCUT2D eigenvalue weighted by atomic mass is 16.4. The van der Waals surface area contributed by atoms with E-state index in [4.69, 9.17) is 5.11 Å². The molecule has 0 saturated carbocycles. The Morgan fingerprint density at radius 1 is 0.958 bits per heavy atom. The Morgan fingerprint density at radius 2 is 1.62 bits per heavy atom. The molecule has 0 spiro atoms. The van der Waals surface area contributed by atoms with Gasteiger partial charge in [-0.25, -0.2) is 4.79 Å². The highest BCUT2D eigenvalue weighted by Crippen LogP contribution is 2.29. The summed E-state index contributed by atoms with van der Waals surface area (Å²) in [7, 11) is 0. The summed E-state index contributed by atoms with van der Waals surface area (Å²) in [4.78, 5) is 25.1. The number of benzene rings is 2. The second kappa shape index (κ2) is 6.08. The number of aromatic carboxylic acids is 1. The number of aromatic nitrogens is 1. The molecule has 0 saturated heterocycles. The standard InChI is InChI=1S/C18H15NO5/c20-12-4-1-10(2-5-12)11-3-6-13-14(7-8-16(21)22)17(18(23)24)19-15(13)9-11/h1-6,9,19-20H,7-8H2,(H,21,22)(H,23,24). The fourth-order valence-corrected chi connectivity index (χ4v) is 2.76. The Hall–Kier alpha value is -3.28. The molecule has 0 unspecified atom stereocenters. The van der Waals surface area contributed by atoms with Crippen molar-refractivity contribution in [2.45, 2.75) is 12.8 Å². The molecule has 0 fully saturated rings. The predicted octanol–water partition coefficient (Wildman–Crippen LogP) is 3.26. The molecule has 3 aromatic rings. The van der Waals surface area contributed by atoms with E-state index in [1.54, 1.807) is 30.3 Å². The Balaban J connectivity index is 2.08. The molecule has 0 aliphatic rings. The van der Waals surface area contributed by atoms with Gasteiger partial charge >= 0.3 is 11.9 Å². The number of aliphatic carboxylic acids is 1. The van der Waals surface area contributed by atoms with Gasteiger partial charge in [-0.3, -0.25) is 4.79 Å². The Morgan fingerprint density at radius 3 is 2.25 bits per heavy atom. The van der Waals surface area contributed by atoms with Crippen molar-refractivity contribution < 1.29 is 24.9 Å². The third-order valence-corrected chi connectivity index (χ3v) is 3.91. The first-order valence-electron chi connectivity index (χ1n) is 7.35. The molecular formula is C18H15NO5. The molecule has 0 atom stereocenters. The van der Waals surface area contributed by atoms with Crippen molar-refractivity contribution in [2.75, 3.05) is 0 Å². The van der Waals surface area contributed by atoms with Crippen molar-refractivity contribution in [1.82, 2.24) is 4.98 Å². The van der Waals surface area contributed by atoms with Crippen LogP contribution in [0.5, 0.6) is 5.75 Å². The van der Waals surface area contributed by atoms with E-state index in [9.17, 15) is 19.8 Å². The van der Waals surface area contributed by atoms with Gasteiger partial charge in [0.1, 0.15) is 11.4 Å². The first-order chi connectivity index (χ1) is 11.5. The van der Waals surface area contributed by atoms with E-state index >= 15 is 0 Å². The minimum absolute atomic E-state index is 0.0223. The fraction of sp³-hybridized carbons (Fsp3) is 0.111. The first kappa shape index (κ1) is 15.6. The SMILES string of the molecule is O=C(O)CCc1c(C(=O)O)[nH]c2cc(-c3ccc(O)cc3)ccc12. The van der Waals surface area contributed by atoms with Crippen LogP contribution in [0.4, 0.5) is 0 Å². The number of H-pyrrole nitrogens is 1. The van der Waals surface area contributed by atoms with Crippen LogP contribution >= 0.6 is 0 Å². The van der Waals surface area contributed by atoms with Crippen molar-refractivity contribution in [1.29, 1.82) is 0 Å². The van der Waals surface area contributed by atoms with Crippen molar-refractivity contribution in [2.24, 2.45) is 0 Å². The van der Waals surface area contributed by atoms with Gasteiger partial charge in [0.05, 0.1) is 0 Å². The van der Waals surface area contributed by atoms with Crippen LogP contribution in [0.15, 0.2) is 42.5 Å². The number of hydrogen-bond donors (Lipinski definition) is 4. The van der Waals surface area contributed by atoms with Crippen LogP contribution in [0.2, 0.25) is 0 Å². The summed E-state index contributed by atoms with van der Waals surface area (Å²) in [6, 6.07) is 12.1. The van der Waals surface area contributed by atoms with Crippen LogP contribution in [0.3, 0.4) is 0 Å². The van der Waals surface area contributed by atoms with Gasteiger partial charge in [0.15, 0.2) is 0 Å². The van der Waals surface area contributed by atoms with Gasteiger partial charge in [-0.05, 0) is 41.3 Å². The average Bonchev–Trinajstić information content (AvgIpc) is 2.91. The lowest BCUT2D eigenvalue weighted by molar-refractivity contribution is -0.136. The van der Waals surface area contributed by atoms with Crippen LogP contribution < -0.4 is 0 Å². The Labute approximate surface area is 137 Å². The number of carboxylic acid groups (broad SMARTS) is 2. The summed E-state index contributed by atoms with van der Waals surface area (Å²) >= 11 is 0. The smallest absolute Gasteiger partial charge is 0.352 e. The number of rotatable bonds is 5. The molecule has 6 heteroatoms. The Bertz CT molecular complexity index is 924. The summed E-state index contributed by atoms with van der Waals surface area (Å²) < 4.78 is 0. The summed E-state index contributed by atoms with van der Waals surface area (Å²) in [5, 5.41) is 28.3. The zero-order valence-corrected chi connectivity index (χ0v) is 12.6. The minimum Gasteiger partial charge on any atom is -0.508 e. The number of aromatic hydroxyl groups is 1. The molecule has 2 aromatic carbocycles. The van der Waals surface area contributed by atoms with E-state index in [-0.39, 0.29) is 24.3 Å². The van der Waals surface area contributed by atoms with Crippen molar-refractivity contribution in [3.05, 3.63) is 53.7 Å². The lowest BCUT2D eigenvalue weighted by atomic mass is 10.0. The summed E-state index contributed by atoms with van der Waals surface area (Å²) in [6.07, 6.45) is 0.0163. The highest BCUT2D eigenvalue weighted by Gasteiger charge is 2.18. The predicted molar refractivity (Wildman–Crippen MR) is 88.3 cm³/mol. The number of fused-ring (bicyclic) bond motifs is 1. The third-order valence-electron chi connectivity index (χ3n) is 3.91. The normalized spacial score (nSPS) is 10.8. The van der Waals surface area contributed by atoms with Gasteiger partial charge < -0.3 is 20.3 Å². The fourth-order valence-electron chi connectivity index (χ4n) is 2.76. The molecular weight excluding hydrogens is 310 g/mol. The number of phenols is 1. The molecule has 1 heterocycles. The number of carboxylic acids is 2. The van der Waals surface area contributed by atoms with E-state index < -0.39 is 11.9 Å². The maximum absolute atomic E-state index is 11.4. The van der Waals surface area contributed by atoms with Crippen LogP contribution in [-0.2, 0) is 11.2 Å². The van der Waals surface area contributed by atoms with E-state index in [1.807, 2.05) is 12.1 Å². The van der Waals surface area contributed by atoms with Crippen molar-refractivity contribution in [3.8, 4) is 16.9 Å². The number of nitrogens with one attached hydrogen (secondary N) is 1. The van der Waals surface area contributed by atoms with Gasteiger partial charge in [-0.15, -0.1) is 0 Å². The molecule has 0 aliphatic carbocycles. The number of carbonyl (C=O) groups is 2. The van der Waals surface area contributed by atoms with Gasteiger partial charge in [-0.2, -0.15) is 0 Å². The van der Waals surface area contributed by atoms with Crippen molar-refractivity contribution >= 4 is 22.8 Å². The van der Waals surface area contributed by atoms with Crippen LogP contribution in [0.25, 0.3) is 22.0 Å². The van der Waals surface area contributed by atoms with Gasteiger partial charge in [0.25, 0.3) is 0 Å². The second-order valence-corrected chi connectivity index (χ2v) is 5.48.